The lowest BCUT2D eigenvalue weighted by Gasteiger charge is -2.38. The van der Waals surface area contributed by atoms with E-state index in [-0.39, 0.29) is 11.9 Å². The minimum absolute atomic E-state index is 0.112. The predicted octanol–water partition coefficient (Wildman–Crippen LogP) is -0.0728. The third-order valence-corrected chi connectivity index (χ3v) is 6.80. The second-order valence-corrected chi connectivity index (χ2v) is 7.87. The minimum atomic E-state index is -3.38. The van der Waals surface area contributed by atoms with Gasteiger partial charge in [0.1, 0.15) is 0 Å². The van der Waals surface area contributed by atoms with E-state index < -0.39 is 15.0 Å². The van der Waals surface area contributed by atoms with Crippen molar-refractivity contribution in [3.63, 3.8) is 0 Å². The number of rotatable bonds is 5. The minimum Gasteiger partial charge on any atom is -0.409 e. The molecule has 2 fully saturated rings. The number of nitrogens with zero attached hydrogens (tertiary/aromatic N) is 2. The monoisotopic (exact) mass is 308 g/mol. The van der Waals surface area contributed by atoms with Gasteiger partial charge < -0.3 is 10.9 Å². The number of hydrogen-bond donors (Lipinski definition) is 3. The Morgan fingerprint density at radius 3 is 2.47 bits per heavy atom. The average Bonchev–Trinajstić information content (AvgIpc) is 3.21. The molecule has 2 aliphatic rings. The SMILES string of the molecule is CSC1(C(N)=NO)CCN(S(=O)(=O)NC2CC2)CC1. The fraction of sp³-hybridized carbons (Fsp3) is 0.900. The second-order valence-electron chi connectivity index (χ2n) is 4.98. The van der Waals surface area contributed by atoms with E-state index in [2.05, 4.69) is 9.88 Å². The van der Waals surface area contributed by atoms with Gasteiger partial charge in [-0.25, -0.2) is 0 Å². The van der Waals surface area contributed by atoms with Gasteiger partial charge in [-0.1, -0.05) is 5.16 Å². The van der Waals surface area contributed by atoms with E-state index in [1.807, 2.05) is 6.26 Å². The number of piperidine rings is 1. The lowest BCUT2D eigenvalue weighted by atomic mass is 9.96. The molecule has 7 nitrogen and oxygen atoms in total. The third kappa shape index (κ3) is 3.15. The number of nitrogens with one attached hydrogen (secondary N) is 1. The van der Waals surface area contributed by atoms with Crippen molar-refractivity contribution in [3.05, 3.63) is 0 Å². The second kappa shape index (κ2) is 5.47. The first-order valence-corrected chi connectivity index (χ1v) is 8.90. The standard InChI is InChI=1S/C10H20N4O3S2/c1-18-10(9(11)12-15)4-6-14(7-5-10)19(16,17)13-8-2-3-8/h8,13,15H,2-7H2,1H3,(H2,11,12). The zero-order valence-electron chi connectivity index (χ0n) is 10.9. The highest BCUT2D eigenvalue weighted by Gasteiger charge is 2.42. The highest BCUT2D eigenvalue weighted by molar-refractivity contribution is 8.00. The lowest BCUT2D eigenvalue weighted by molar-refractivity contribution is 0.299. The van der Waals surface area contributed by atoms with Crippen LogP contribution in [0.2, 0.25) is 0 Å². The lowest BCUT2D eigenvalue weighted by Crippen LogP contribution is -2.53. The van der Waals surface area contributed by atoms with E-state index in [1.165, 1.54) is 16.1 Å². The maximum absolute atomic E-state index is 12.1. The molecule has 19 heavy (non-hydrogen) atoms. The van der Waals surface area contributed by atoms with E-state index >= 15 is 0 Å². The first-order valence-electron chi connectivity index (χ1n) is 6.24. The Morgan fingerprint density at radius 2 is 2.05 bits per heavy atom. The number of thioether (sulfide) groups is 1. The van der Waals surface area contributed by atoms with Crippen LogP contribution in [0.5, 0.6) is 0 Å². The molecule has 1 saturated carbocycles. The molecule has 9 heteroatoms. The molecule has 2 rings (SSSR count). The Balaban J connectivity index is 2.01. The zero-order chi connectivity index (χ0) is 14.1. The summed E-state index contributed by atoms with van der Waals surface area (Å²) in [6.07, 6.45) is 4.84. The van der Waals surface area contributed by atoms with Crippen molar-refractivity contribution in [2.24, 2.45) is 10.9 Å². The van der Waals surface area contributed by atoms with Crippen LogP contribution in [-0.2, 0) is 10.2 Å². The van der Waals surface area contributed by atoms with Crippen molar-refractivity contribution in [2.45, 2.75) is 36.5 Å². The Bertz CT molecular complexity index is 453. The van der Waals surface area contributed by atoms with Crippen molar-refractivity contribution in [3.8, 4) is 0 Å². The molecule has 1 aliphatic heterocycles. The Labute approximate surface area is 117 Å². The molecular formula is C10H20N4O3S2. The molecule has 4 N–H and O–H groups in total. The van der Waals surface area contributed by atoms with E-state index in [0.29, 0.717) is 25.9 Å². The van der Waals surface area contributed by atoms with Crippen LogP contribution in [0.25, 0.3) is 0 Å². The van der Waals surface area contributed by atoms with Crippen molar-refractivity contribution in [2.75, 3.05) is 19.3 Å². The molecule has 1 saturated heterocycles. The molecule has 0 aromatic rings. The average molecular weight is 308 g/mol. The van der Waals surface area contributed by atoms with Gasteiger partial charge in [0.2, 0.25) is 0 Å². The molecule has 0 radical (unpaired) electrons. The van der Waals surface area contributed by atoms with Gasteiger partial charge in [-0.05, 0) is 31.9 Å². The maximum atomic E-state index is 12.1. The van der Waals surface area contributed by atoms with E-state index in [1.54, 1.807) is 0 Å². The Morgan fingerprint density at radius 1 is 1.47 bits per heavy atom. The molecule has 0 spiro atoms. The Kier molecular flexibility index (Phi) is 4.29. The highest BCUT2D eigenvalue weighted by atomic mass is 32.2. The van der Waals surface area contributed by atoms with Crippen molar-refractivity contribution in [1.29, 1.82) is 0 Å². The van der Waals surface area contributed by atoms with Crippen LogP contribution in [0, 0.1) is 0 Å². The third-order valence-electron chi connectivity index (χ3n) is 3.73. The van der Waals surface area contributed by atoms with Crippen molar-refractivity contribution in [1.82, 2.24) is 9.03 Å². The summed E-state index contributed by atoms with van der Waals surface area (Å²) in [6.45, 7) is 0.776. The summed E-state index contributed by atoms with van der Waals surface area (Å²) in [7, 11) is -3.38. The fourth-order valence-corrected chi connectivity index (χ4v) is 4.54. The van der Waals surface area contributed by atoms with Gasteiger partial charge in [-0.3, -0.25) is 0 Å². The van der Waals surface area contributed by atoms with Crippen LogP contribution < -0.4 is 10.5 Å². The normalized spacial score (nSPS) is 25.4. The molecule has 0 amide bonds. The van der Waals surface area contributed by atoms with Gasteiger partial charge in [0.15, 0.2) is 5.84 Å². The number of nitrogens with two attached hydrogens (primary N) is 1. The molecule has 0 aromatic carbocycles. The van der Waals surface area contributed by atoms with Gasteiger partial charge in [0.05, 0.1) is 4.75 Å². The summed E-state index contributed by atoms with van der Waals surface area (Å²) in [4.78, 5) is 0. The summed E-state index contributed by atoms with van der Waals surface area (Å²) in [5.41, 5.74) is 5.73. The summed E-state index contributed by atoms with van der Waals surface area (Å²) >= 11 is 1.51. The van der Waals surface area contributed by atoms with Crippen LogP contribution in [0.1, 0.15) is 25.7 Å². The van der Waals surface area contributed by atoms with Crippen molar-refractivity contribution >= 4 is 27.8 Å². The highest BCUT2D eigenvalue weighted by Crippen LogP contribution is 2.35. The van der Waals surface area contributed by atoms with Gasteiger partial charge in [0.25, 0.3) is 10.2 Å². The van der Waals surface area contributed by atoms with Gasteiger partial charge in [0, 0.05) is 19.1 Å². The first kappa shape index (κ1) is 14.9. The fourth-order valence-electron chi connectivity index (χ4n) is 2.23. The Hall–Kier alpha value is -0.510. The predicted molar refractivity (Wildman–Crippen MR) is 75.5 cm³/mol. The van der Waals surface area contributed by atoms with Gasteiger partial charge in [-0.2, -0.15) is 29.2 Å². The van der Waals surface area contributed by atoms with E-state index in [4.69, 9.17) is 10.9 Å². The molecule has 1 aliphatic carbocycles. The molecule has 0 aromatic heterocycles. The van der Waals surface area contributed by atoms with Crippen LogP contribution in [0.15, 0.2) is 5.16 Å². The van der Waals surface area contributed by atoms with Gasteiger partial charge in [-0.15, -0.1) is 0 Å². The number of oxime groups is 1. The van der Waals surface area contributed by atoms with Crippen LogP contribution in [-0.4, -0.2) is 53.9 Å². The molecule has 110 valence electrons. The molecule has 1 heterocycles. The van der Waals surface area contributed by atoms with Crippen LogP contribution >= 0.6 is 11.8 Å². The van der Waals surface area contributed by atoms with E-state index in [0.717, 1.165) is 12.8 Å². The largest absolute Gasteiger partial charge is 0.409 e. The summed E-state index contributed by atoms with van der Waals surface area (Å²) < 4.78 is 27.8. The molecule has 0 bridgehead atoms. The smallest absolute Gasteiger partial charge is 0.279 e. The number of amidine groups is 1. The van der Waals surface area contributed by atoms with E-state index in [9.17, 15) is 8.42 Å². The summed E-state index contributed by atoms with van der Waals surface area (Å²) in [5, 5.41) is 11.9. The molecule has 0 unspecified atom stereocenters. The van der Waals surface area contributed by atoms with Crippen LogP contribution in [0.3, 0.4) is 0 Å². The van der Waals surface area contributed by atoms with Gasteiger partial charge >= 0.3 is 0 Å². The zero-order valence-corrected chi connectivity index (χ0v) is 12.5. The molecule has 0 atom stereocenters. The number of hydrogen-bond acceptors (Lipinski definition) is 5. The molecular weight excluding hydrogens is 288 g/mol. The topological polar surface area (TPSA) is 108 Å². The summed E-state index contributed by atoms with van der Waals surface area (Å²) in [6, 6.07) is 0.112. The maximum Gasteiger partial charge on any atom is 0.279 e. The summed E-state index contributed by atoms with van der Waals surface area (Å²) in [5.74, 6) is 0.173. The quantitative estimate of drug-likeness (QED) is 0.285. The van der Waals surface area contributed by atoms with Crippen molar-refractivity contribution < 1.29 is 13.6 Å². The van der Waals surface area contributed by atoms with Crippen LogP contribution in [0.4, 0.5) is 0 Å². The first-order chi connectivity index (χ1) is 8.93.